The highest BCUT2D eigenvalue weighted by Crippen LogP contribution is 2.10. The van der Waals surface area contributed by atoms with Crippen LogP contribution in [0.15, 0.2) is 36.7 Å². The van der Waals surface area contributed by atoms with Crippen molar-refractivity contribution < 1.29 is 4.79 Å². The Balaban J connectivity index is 1.55. The van der Waals surface area contributed by atoms with E-state index in [1.54, 1.807) is 6.33 Å². The highest BCUT2D eigenvalue weighted by atomic mass is 16.1. The molecule has 0 saturated carbocycles. The summed E-state index contributed by atoms with van der Waals surface area (Å²) in [6.07, 6.45) is 2.32. The van der Waals surface area contributed by atoms with Crippen LogP contribution in [0.5, 0.6) is 0 Å². The molecule has 0 saturated heterocycles. The predicted molar refractivity (Wildman–Crippen MR) is 70.7 cm³/mol. The number of benzene rings is 1. The number of Topliss-reactive ketones (excluding diaryl/α,β-unsaturated/α-hetero) is 1. The highest BCUT2D eigenvalue weighted by Gasteiger charge is 2.18. The van der Waals surface area contributed by atoms with Gasteiger partial charge in [-0.1, -0.05) is 30.3 Å². The fourth-order valence-electron chi connectivity index (χ4n) is 2.34. The largest absolute Gasteiger partial charge is 0.315 e. The van der Waals surface area contributed by atoms with E-state index in [-0.39, 0.29) is 5.78 Å². The van der Waals surface area contributed by atoms with Crippen LogP contribution < -0.4 is 0 Å². The number of carbonyl (C=O) groups is 1. The average molecular weight is 256 g/mol. The summed E-state index contributed by atoms with van der Waals surface area (Å²) < 4.78 is 2.06. The minimum atomic E-state index is 0.202. The van der Waals surface area contributed by atoms with Gasteiger partial charge in [0.2, 0.25) is 0 Å². The van der Waals surface area contributed by atoms with Crippen LogP contribution in [-0.2, 0) is 13.1 Å². The molecule has 2 heterocycles. The van der Waals surface area contributed by atoms with E-state index in [2.05, 4.69) is 19.7 Å². The van der Waals surface area contributed by atoms with Crippen LogP contribution in [0.1, 0.15) is 22.6 Å². The number of aromatic nitrogens is 3. The molecule has 1 aromatic heterocycles. The summed E-state index contributed by atoms with van der Waals surface area (Å²) in [7, 11) is 0. The smallest absolute Gasteiger partial charge is 0.164 e. The molecule has 0 N–H and O–H groups in total. The minimum absolute atomic E-state index is 0.202. The van der Waals surface area contributed by atoms with E-state index in [4.69, 9.17) is 0 Å². The average Bonchev–Trinajstić information content (AvgIpc) is 2.93. The van der Waals surface area contributed by atoms with E-state index in [1.807, 2.05) is 30.3 Å². The maximum atomic E-state index is 12.0. The molecular weight excluding hydrogens is 240 g/mol. The van der Waals surface area contributed by atoms with Gasteiger partial charge in [-0.3, -0.25) is 9.69 Å². The Morgan fingerprint density at radius 2 is 2.05 bits per heavy atom. The molecule has 5 heteroatoms. The number of carbonyl (C=O) groups excluding carboxylic acids is 1. The van der Waals surface area contributed by atoms with Crippen molar-refractivity contribution in [3.05, 3.63) is 48.0 Å². The van der Waals surface area contributed by atoms with Gasteiger partial charge in [-0.2, -0.15) is 0 Å². The Hall–Kier alpha value is -2.01. The second kappa shape index (κ2) is 5.32. The molecule has 1 aliphatic heterocycles. The quantitative estimate of drug-likeness (QED) is 0.775. The van der Waals surface area contributed by atoms with Crippen LogP contribution in [0.25, 0.3) is 0 Å². The van der Waals surface area contributed by atoms with Gasteiger partial charge in [0.15, 0.2) is 5.78 Å². The van der Waals surface area contributed by atoms with Gasteiger partial charge in [0.05, 0.1) is 6.54 Å². The van der Waals surface area contributed by atoms with E-state index < -0.39 is 0 Å². The van der Waals surface area contributed by atoms with Gasteiger partial charge < -0.3 is 4.57 Å². The summed E-state index contributed by atoms with van der Waals surface area (Å²) in [4.78, 5) is 14.3. The molecule has 0 fully saturated rings. The Kier molecular flexibility index (Phi) is 3.37. The molecule has 0 unspecified atom stereocenters. The van der Waals surface area contributed by atoms with Crippen LogP contribution in [-0.4, -0.2) is 38.5 Å². The van der Waals surface area contributed by atoms with Crippen LogP contribution >= 0.6 is 0 Å². The Bertz CT molecular complexity index is 564. The molecule has 0 radical (unpaired) electrons. The molecule has 98 valence electrons. The van der Waals surface area contributed by atoms with Gasteiger partial charge >= 0.3 is 0 Å². The molecule has 3 rings (SSSR count). The normalized spacial score (nSPS) is 15.2. The lowest BCUT2D eigenvalue weighted by Gasteiger charge is -2.26. The zero-order valence-corrected chi connectivity index (χ0v) is 10.7. The lowest BCUT2D eigenvalue weighted by atomic mass is 10.1. The number of fused-ring (bicyclic) bond motifs is 1. The zero-order chi connectivity index (χ0) is 13.1. The summed E-state index contributed by atoms with van der Waals surface area (Å²) in [6, 6.07) is 9.46. The molecule has 0 spiro atoms. The second-order valence-electron chi connectivity index (χ2n) is 4.76. The Morgan fingerprint density at radius 1 is 1.21 bits per heavy atom. The first-order valence-electron chi connectivity index (χ1n) is 6.50. The fourth-order valence-corrected chi connectivity index (χ4v) is 2.34. The van der Waals surface area contributed by atoms with Crippen LogP contribution in [0.4, 0.5) is 0 Å². The SMILES string of the molecule is O=C(CCN1CCn2cnnc2C1)c1ccccc1. The molecule has 0 atom stereocenters. The first-order valence-corrected chi connectivity index (χ1v) is 6.50. The van der Waals surface area contributed by atoms with Crippen molar-refractivity contribution in [1.82, 2.24) is 19.7 Å². The lowest BCUT2D eigenvalue weighted by Crippen LogP contribution is -2.35. The zero-order valence-electron chi connectivity index (χ0n) is 10.7. The Morgan fingerprint density at radius 3 is 2.89 bits per heavy atom. The minimum Gasteiger partial charge on any atom is -0.315 e. The third kappa shape index (κ3) is 2.71. The number of hydrogen-bond acceptors (Lipinski definition) is 4. The first kappa shape index (κ1) is 12.0. The molecule has 1 aromatic carbocycles. The summed E-state index contributed by atoms with van der Waals surface area (Å²) in [6.45, 7) is 3.41. The van der Waals surface area contributed by atoms with Crippen LogP contribution in [0.2, 0.25) is 0 Å². The highest BCUT2D eigenvalue weighted by molar-refractivity contribution is 5.96. The van der Waals surface area contributed by atoms with Crippen LogP contribution in [0.3, 0.4) is 0 Å². The van der Waals surface area contributed by atoms with Crippen molar-refractivity contribution >= 4 is 5.78 Å². The molecule has 2 aromatic rings. The molecule has 19 heavy (non-hydrogen) atoms. The van der Waals surface area contributed by atoms with Crippen molar-refractivity contribution in [1.29, 1.82) is 0 Å². The van der Waals surface area contributed by atoms with E-state index in [0.29, 0.717) is 6.42 Å². The standard InChI is InChI=1S/C14H16N4O/c19-13(12-4-2-1-3-5-12)6-7-17-8-9-18-11-15-16-14(18)10-17/h1-5,11H,6-10H2. The van der Waals surface area contributed by atoms with Gasteiger partial charge in [0, 0.05) is 31.6 Å². The van der Waals surface area contributed by atoms with Crippen molar-refractivity contribution in [3.8, 4) is 0 Å². The van der Waals surface area contributed by atoms with Gasteiger partial charge in [-0.25, -0.2) is 0 Å². The van der Waals surface area contributed by atoms with Gasteiger partial charge in [0.25, 0.3) is 0 Å². The van der Waals surface area contributed by atoms with Crippen molar-refractivity contribution in [2.75, 3.05) is 13.1 Å². The summed E-state index contributed by atoms with van der Waals surface area (Å²) in [5, 5.41) is 7.98. The molecule has 5 nitrogen and oxygen atoms in total. The van der Waals surface area contributed by atoms with E-state index in [9.17, 15) is 4.79 Å². The Labute approximate surface area is 111 Å². The second-order valence-corrected chi connectivity index (χ2v) is 4.76. The lowest BCUT2D eigenvalue weighted by molar-refractivity contribution is 0.0955. The molecule has 0 aliphatic carbocycles. The third-order valence-corrected chi connectivity index (χ3v) is 3.47. The third-order valence-electron chi connectivity index (χ3n) is 3.47. The van der Waals surface area contributed by atoms with Gasteiger partial charge in [-0.15, -0.1) is 10.2 Å². The molecule has 1 aliphatic rings. The topological polar surface area (TPSA) is 51.0 Å². The first-order chi connectivity index (χ1) is 9.33. The number of ketones is 1. The predicted octanol–water partition coefficient (Wildman–Crippen LogP) is 1.37. The fraction of sp³-hybridized carbons (Fsp3) is 0.357. The van der Waals surface area contributed by atoms with E-state index in [0.717, 1.165) is 37.6 Å². The van der Waals surface area contributed by atoms with Gasteiger partial charge in [-0.05, 0) is 0 Å². The van der Waals surface area contributed by atoms with E-state index >= 15 is 0 Å². The summed E-state index contributed by atoms with van der Waals surface area (Å²) in [5.74, 6) is 1.19. The molecule has 0 bridgehead atoms. The summed E-state index contributed by atoms with van der Waals surface area (Å²) >= 11 is 0. The number of nitrogens with zero attached hydrogens (tertiary/aromatic N) is 4. The summed E-state index contributed by atoms with van der Waals surface area (Å²) in [5.41, 5.74) is 0.794. The molecular formula is C14H16N4O. The maximum Gasteiger partial charge on any atom is 0.164 e. The van der Waals surface area contributed by atoms with Crippen molar-refractivity contribution in [3.63, 3.8) is 0 Å². The van der Waals surface area contributed by atoms with Crippen LogP contribution in [0, 0.1) is 0 Å². The monoisotopic (exact) mass is 256 g/mol. The van der Waals surface area contributed by atoms with Gasteiger partial charge in [0.1, 0.15) is 12.2 Å². The van der Waals surface area contributed by atoms with Crippen molar-refractivity contribution in [2.24, 2.45) is 0 Å². The number of rotatable bonds is 4. The molecule has 0 amide bonds. The number of hydrogen-bond donors (Lipinski definition) is 0. The van der Waals surface area contributed by atoms with Crippen molar-refractivity contribution in [2.45, 2.75) is 19.5 Å². The van der Waals surface area contributed by atoms with E-state index in [1.165, 1.54) is 0 Å². The maximum absolute atomic E-state index is 12.0.